The Labute approximate surface area is 169 Å². The molecule has 0 fully saturated rings. The molecule has 1 aliphatic rings. The van der Waals surface area contributed by atoms with E-state index in [1.54, 1.807) is 18.2 Å². The molecule has 1 aliphatic heterocycles. The summed E-state index contributed by atoms with van der Waals surface area (Å²) in [6, 6.07) is 12.7. The van der Waals surface area contributed by atoms with E-state index in [4.69, 9.17) is 12.7 Å². The fourth-order valence-electron chi connectivity index (χ4n) is 3.40. The maximum absolute atomic E-state index is 12.3. The molecule has 29 heavy (non-hydrogen) atoms. The molecule has 0 atom stereocenters. The van der Waals surface area contributed by atoms with Gasteiger partial charge in [0.05, 0.1) is 11.3 Å². The molecule has 4 rings (SSSR count). The van der Waals surface area contributed by atoms with E-state index in [1.165, 1.54) is 4.90 Å². The van der Waals surface area contributed by atoms with Gasteiger partial charge in [0.25, 0.3) is 0 Å². The van der Waals surface area contributed by atoms with Crippen LogP contribution in [0.25, 0.3) is 10.9 Å². The summed E-state index contributed by atoms with van der Waals surface area (Å²) in [5.74, 6) is -0.0556. The molecule has 0 spiro atoms. The van der Waals surface area contributed by atoms with Gasteiger partial charge in [0, 0.05) is 29.6 Å². The number of aromatic nitrogens is 1. The van der Waals surface area contributed by atoms with Gasteiger partial charge in [-0.15, -0.1) is 0 Å². The predicted octanol–water partition coefficient (Wildman–Crippen LogP) is 2.98. The number of fused-ring (bicyclic) bond motifs is 2. The van der Waals surface area contributed by atoms with Crippen molar-refractivity contribution in [3.05, 3.63) is 53.6 Å². The Morgan fingerprint density at radius 1 is 1.24 bits per heavy atom. The number of H-pyrrole nitrogens is 1. The van der Waals surface area contributed by atoms with Crippen LogP contribution in [0.2, 0.25) is 0 Å². The van der Waals surface area contributed by atoms with Gasteiger partial charge in [-0.3, -0.25) is 4.84 Å². The van der Waals surface area contributed by atoms with Gasteiger partial charge in [-0.1, -0.05) is 41.0 Å². The quantitative estimate of drug-likeness (QED) is 0.410. The Kier molecular flexibility index (Phi) is 4.84. The molecule has 3 aromatic rings. The van der Waals surface area contributed by atoms with Crippen LogP contribution in [-0.4, -0.2) is 53.4 Å². The van der Waals surface area contributed by atoms with Crippen molar-refractivity contribution < 1.29 is 14.7 Å². The van der Waals surface area contributed by atoms with Crippen molar-refractivity contribution in [1.82, 2.24) is 9.88 Å². The van der Waals surface area contributed by atoms with Gasteiger partial charge in [-0.25, -0.2) is 9.79 Å². The molecular formula is C21H19BN4O3. The van der Waals surface area contributed by atoms with Crippen LogP contribution < -0.4 is 5.46 Å². The third kappa shape index (κ3) is 3.26. The summed E-state index contributed by atoms with van der Waals surface area (Å²) < 4.78 is 0. The number of aromatic amines is 1. The van der Waals surface area contributed by atoms with Crippen molar-refractivity contribution in [2.24, 2.45) is 10.1 Å². The minimum atomic E-state index is -0.540. The monoisotopic (exact) mass is 386 g/mol. The highest BCUT2D eigenvalue weighted by Gasteiger charge is 2.29. The van der Waals surface area contributed by atoms with E-state index < -0.39 is 6.09 Å². The van der Waals surface area contributed by atoms with Crippen LogP contribution in [0.4, 0.5) is 10.5 Å². The summed E-state index contributed by atoms with van der Waals surface area (Å²) >= 11 is 0. The number of carbonyl (C=O) groups excluding carboxylic acids is 1. The van der Waals surface area contributed by atoms with Crippen LogP contribution in [0.5, 0.6) is 5.88 Å². The highest BCUT2D eigenvalue weighted by molar-refractivity contribution is 6.58. The van der Waals surface area contributed by atoms with E-state index in [0.717, 1.165) is 10.9 Å². The van der Waals surface area contributed by atoms with Crippen LogP contribution in [0, 0.1) is 0 Å². The molecule has 2 N–H and O–H groups in total. The second kappa shape index (κ2) is 7.46. The smallest absolute Gasteiger partial charge is 0.435 e. The second-order valence-corrected chi connectivity index (χ2v) is 6.60. The lowest BCUT2D eigenvalue weighted by Gasteiger charge is -2.15. The van der Waals surface area contributed by atoms with Crippen LogP contribution in [0.3, 0.4) is 0 Å². The summed E-state index contributed by atoms with van der Waals surface area (Å²) in [6.45, 7) is 4.77. The topological polar surface area (TPSA) is 90.3 Å². The molecule has 1 aromatic heterocycles. The van der Waals surface area contributed by atoms with E-state index >= 15 is 0 Å². The van der Waals surface area contributed by atoms with Crippen LogP contribution in [0.15, 0.2) is 52.6 Å². The van der Waals surface area contributed by atoms with Gasteiger partial charge in [0.2, 0.25) is 0 Å². The number of aliphatic imine (C=N–C) groups is 1. The first-order valence-corrected chi connectivity index (χ1v) is 9.36. The molecule has 0 aliphatic carbocycles. The molecule has 0 saturated carbocycles. The molecule has 144 valence electrons. The minimum absolute atomic E-state index is 0.0556. The van der Waals surface area contributed by atoms with Gasteiger partial charge in [0.1, 0.15) is 19.3 Å². The van der Waals surface area contributed by atoms with E-state index in [2.05, 4.69) is 15.1 Å². The number of carbonyl (C=O) groups is 1. The number of oxime groups is 1. The summed E-state index contributed by atoms with van der Waals surface area (Å²) in [5.41, 5.74) is 3.94. The molecule has 7 nitrogen and oxygen atoms in total. The molecule has 2 heterocycles. The number of para-hydroxylation sites is 1. The van der Waals surface area contributed by atoms with Gasteiger partial charge in [-0.05, 0) is 26.0 Å². The van der Waals surface area contributed by atoms with Crippen molar-refractivity contribution in [1.29, 1.82) is 0 Å². The summed E-state index contributed by atoms with van der Waals surface area (Å²) in [4.78, 5) is 26.6. The van der Waals surface area contributed by atoms with Crippen LogP contribution in [0.1, 0.15) is 25.0 Å². The van der Waals surface area contributed by atoms with Gasteiger partial charge in [-0.2, -0.15) is 0 Å². The number of aromatic hydroxyl groups is 1. The van der Waals surface area contributed by atoms with Crippen molar-refractivity contribution >= 4 is 47.4 Å². The standard InChI is InChI=1S/C21H19BN4O3/c1-3-26(4-2)21(28)29-25-18-14-7-5-6-8-15(14)23-19(18)17-13-10-9-12(22)11-16(13)24-20(17)27/h5-11,24,27H,3-4H2,1-2H3/b25-18+. The maximum Gasteiger partial charge on any atom is 0.435 e. The Bertz CT molecular complexity index is 1160. The third-order valence-electron chi connectivity index (χ3n) is 4.89. The first kappa shape index (κ1) is 18.8. The Morgan fingerprint density at radius 2 is 2.00 bits per heavy atom. The summed E-state index contributed by atoms with van der Waals surface area (Å²) in [5, 5.41) is 15.4. The van der Waals surface area contributed by atoms with E-state index in [9.17, 15) is 9.90 Å². The first-order valence-electron chi connectivity index (χ1n) is 9.36. The average Bonchev–Trinajstić information content (AvgIpc) is 3.22. The molecule has 1 amide bonds. The van der Waals surface area contributed by atoms with E-state index in [-0.39, 0.29) is 5.88 Å². The summed E-state index contributed by atoms with van der Waals surface area (Å²) in [7, 11) is 5.85. The Morgan fingerprint density at radius 3 is 2.76 bits per heavy atom. The average molecular weight is 386 g/mol. The van der Waals surface area contributed by atoms with Gasteiger partial charge < -0.3 is 15.0 Å². The number of nitrogens with zero attached hydrogens (tertiary/aromatic N) is 3. The lowest BCUT2D eigenvalue weighted by Crippen LogP contribution is -2.30. The lowest BCUT2D eigenvalue weighted by molar-refractivity contribution is 0.110. The van der Waals surface area contributed by atoms with Crippen LogP contribution >= 0.6 is 0 Å². The zero-order valence-corrected chi connectivity index (χ0v) is 16.1. The number of hydrogen-bond acceptors (Lipinski definition) is 5. The Balaban J connectivity index is 1.81. The zero-order valence-electron chi connectivity index (χ0n) is 16.1. The second-order valence-electron chi connectivity index (χ2n) is 6.60. The SMILES string of the molecule is [B]c1ccc2c(C3=Nc4ccccc4/C3=N\OC(=O)N(CC)CC)c(O)[nH]c2c1. The number of benzene rings is 2. The third-order valence-corrected chi connectivity index (χ3v) is 4.89. The van der Waals surface area contributed by atoms with E-state index in [0.29, 0.717) is 46.7 Å². The molecule has 2 aromatic carbocycles. The number of hydrogen-bond donors (Lipinski definition) is 2. The maximum atomic E-state index is 12.3. The highest BCUT2D eigenvalue weighted by Crippen LogP contribution is 2.35. The van der Waals surface area contributed by atoms with Gasteiger partial charge >= 0.3 is 6.09 Å². The van der Waals surface area contributed by atoms with Crippen LogP contribution in [-0.2, 0) is 4.84 Å². The Hall–Kier alpha value is -3.55. The van der Waals surface area contributed by atoms with Gasteiger partial charge in [0.15, 0.2) is 5.88 Å². The largest absolute Gasteiger partial charge is 0.494 e. The predicted molar refractivity (Wildman–Crippen MR) is 114 cm³/mol. The van der Waals surface area contributed by atoms with Crippen molar-refractivity contribution in [2.45, 2.75) is 13.8 Å². The highest BCUT2D eigenvalue weighted by atomic mass is 16.7. The molecule has 0 unspecified atom stereocenters. The lowest BCUT2D eigenvalue weighted by atomic mass is 9.94. The van der Waals surface area contributed by atoms with E-state index in [1.807, 2.05) is 38.1 Å². The zero-order chi connectivity index (χ0) is 20.5. The van der Waals surface area contributed by atoms with Crippen molar-refractivity contribution in [3.8, 4) is 5.88 Å². The molecular weight excluding hydrogens is 367 g/mol. The fourth-order valence-corrected chi connectivity index (χ4v) is 3.40. The normalized spacial score (nSPS) is 14.1. The minimum Gasteiger partial charge on any atom is -0.494 e. The van der Waals surface area contributed by atoms with Crippen molar-refractivity contribution in [2.75, 3.05) is 13.1 Å². The number of rotatable bonds is 4. The van der Waals surface area contributed by atoms with Crippen molar-refractivity contribution in [3.63, 3.8) is 0 Å². The summed E-state index contributed by atoms with van der Waals surface area (Å²) in [6.07, 6.45) is -0.540. The first-order chi connectivity index (χ1) is 14.0. The molecule has 2 radical (unpaired) electrons. The molecule has 8 heteroatoms. The fraction of sp³-hybridized carbons (Fsp3) is 0.190. The number of nitrogens with one attached hydrogen (secondary N) is 1. The molecule has 0 saturated heterocycles. The number of amides is 1. The molecule has 0 bridgehead atoms.